The minimum Gasteiger partial charge on any atom is -0.479 e. The number of rotatable bonds is 6. The van der Waals surface area contributed by atoms with E-state index in [9.17, 15) is 4.79 Å². The van der Waals surface area contributed by atoms with E-state index in [1.54, 1.807) is 33.2 Å². The number of hydrogen-bond acceptors (Lipinski definition) is 3. The van der Waals surface area contributed by atoms with Crippen molar-refractivity contribution in [3.05, 3.63) is 27.7 Å². The highest BCUT2D eigenvalue weighted by Crippen LogP contribution is 2.33. The zero-order valence-electron chi connectivity index (χ0n) is 13.0. The minimum atomic E-state index is -0.614. The van der Waals surface area contributed by atoms with E-state index in [2.05, 4.69) is 5.32 Å². The number of halogens is 2. The largest absolute Gasteiger partial charge is 0.479 e. The van der Waals surface area contributed by atoms with Gasteiger partial charge in [-0.1, -0.05) is 37.0 Å². The molecule has 1 atom stereocenters. The van der Waals surface area contributed by atoms with Crippen LogP contribution in [-0.4, -0.2) is 37.0 Å². The number of nitrogens with one attached hydrogen (secondary N) is 1. The van der Waals surface area contributed by atoms with Crippen LogP contribution in [0.4, 0.5) is 0 Å². The Kier molecular flexibility index (Phi) is 6.78. The summed E-state index contributed by atoms with van der Waals surface area (Å²) >= 11 is 12.3. The lowest BCUT2D eigenvalue weighted by Crippen LogP contribution is -2.35. The van der Waals surface area contributed by atoms with E-state index in [1.807, 2.05) is 13.8 Å². The summed E-state index contributed by atoms with van der Waals surface area (Å²) in [6.45, 7) is 6.36. The SMILES string of the molecule is CC(C)NCc1cc(Cl)cc(Cl)c1OC(C)C(=O)N(C)C. The molecule has 1 amide bonds. The fourth-order valence-electron chi connectivity index (χ4n) is 1.78. The van der Waals surface area contributed by atoms with Crippen molar-refractivity contribution in [2.45, 2.75) is 39.5 Å². The molecule has 0 aliphatic carbocycles. The molecule has 6 heteroatoms. The van der Waals surface area contributed by atoms with E-state index in [1.165, 1.54) is 4.90 Å². The molecule has 0 heterocycles. The highest BCUT2D eigenvalue weighted by molar-refractivity contribution is 6.35. The van der Waals surface area contributed by atoms with Crippen LogP contribution in [0.15, 0.2) is 12.1 Å². The molecule has 1 rings (SSSR count). The molecule has 4 nitrogen and oxygen atoms in total. The van der Waals surface area contributed by atoms with Crippen molar-refractivity contribution in [3.8, 4) is 5.75 Å². The molecule has 0 aromatic heterocycles. The van der Waals surface area contributed by atoms with Crippen LogP contribution < -0.4 is 10.1 Å². The minimum absolute atomic E-state index is 0.121. The molecule has 0 saturated carbocycles. The Hall–Kier alpha value is -0.970. The van der Waals surface area contributed by atoms with E-state index in [0.29, 0.717) is 28.4 Å². The number of ether oxygens (including phenoxy) is 1. The summed E-state index contributed by atoms with van der Waals surface area (Å²) in [5.74, 6) is 0.376. The van der Waals surface area contributed by atoms with E-state index >= 15 is 0 Å². The number of hydrogen-bond donors (Lipinski definition) is 1. The van der Waals surface area contributed by atoms with Gasteiger partial charge in [-0.25, -0.2) is 0 Å². The van der Waals surface area contributed by atoms with Gasteiger partial charge in [0.1, 0.15) is 5.75 Å². The molecule has 1 unspecified atom stereocenters. The average Bonchev–Trinajstić information content (AvgIpc) is 2.38. The van der Waals surface area contributed by atoms with Crippen LogP contribution >= 0.6 is 23.2 Å². The monoisotopic (exact) mass is 332 g/mol. The van der Waals surface area contributed by atoms with E-state index in [0.717, 1.165) is 5.56 Å². The Morgan fingerprint density at radius 3 is 2.43 bits per heavy atom. The second-order valence-electron chi connectivity index (χ2n) is 5.40. The van der Waals surface area contributed by atoms with E-state index < -0.39 is 6.10 Å². The van der Waals surface area contributed by atoms with Gasteiger partial charge < -0.3 is 15.0 Å². The standard InChI is InChI=1S/C15H22Cl2N2O2/c1-9(2)18-8-11-6-12(16)7-13(17)14(11)21-10(3)15(20)19(4)5/h6-7,9-10,18H,8H2,1-5H3. The topological polar surface area (TPSA) is 41.6 Å². The first kappa shape index (κ1) is 18.1. The molecule has 0 saturated heterocycles. The number of likely N-dealkylation sites (N-methyl/N-ethyl adjacent to an activating group) is 1. The summed E-state index contributed by atoms with van der Waals surface area (Å²) in [5, 5.41) is 4.23. The molecule has 118 valence electrons. The number of carbonyl (C=O) groups excluding carboxylic acids is 1. The first-order chi connectivity index (χ1) is 9.72. The highest BCUT2D eigenvalue weighted by Gasteiger charge is 2.20. The summed E-state index contributed by atoms with van der Waals surface area (Å²) in [4.78, 5) is 13.4. The lowest BCUT2D eigenvalue weighted by Gasteiger charge is -2.21. The Morgan fingerprint density at radius 1 is 1.29 bits per heavy atom. The third-order valence-corrected chi connectivity index (χ3v) is 3.37. The highest BCUT2D eigenvalue weighted by atomic mass is 35.5. The van der Waals surface area contributed by atoms with Gasteiger partial charge in [-0.15, -0.1) is 0 Å². The van der Waals surface area contributed by atoms with Crippen molar-refractivity contribution >= 4 is 29.1 Å². The van der Waals surface area contributed by atoms with Crippen molar-refractivity contribution in [2.24, 2.45) is 0 Å². The number of nitrogens with zero attached hydrogens (tertiary/aromatic N) is 1. The molecular formula is C15H22Cl2N2O2. The molecule has 0 aliphatic heterocycles. The number of carbonyl (C=O) groups is 1. The summed E-state index contributed by atoms with van der Waals surface area (Å²) in [7, 11) is 3.37. The van der Waals surface area contributed by atoms with Gasteiger partial charge in [0.2, 0.25) is 0 Å². The number of amides is 1. The first-order valence-electron chi connectivity index (χ1n) is 6.81. The van der Waals surface area contributed by atoms with Crippen molar-refractivity contribution in [1.82, 2.24) is 10.2 Å². The third kappa shape index (κ3) is 5.38. The maximum atomic E-state index is 11.9. The van der Waals surface area contributed by atoms with Gasteiger partial charge in [0.05, 0.1) is 5.02 Å². The third-order valence-electron chi connectivity index (χ3n) is 2.87. The summed E-state index contributed by atoms with van der Waals surface area (Å²) < 4.78 is 5.76. The van der Waals surface area contributed by atoms with Crippen LogP contribution in [-0.2, 0) is 11.3 Å². The second-order valence-corrected chi connectivity index (χ2v) is 6.25. The molecule has 21 heavy (non-hydrogen) atoms. The van der Waals surface area contributed by atoms with Crippen LogP contribution in [0, 0.1) is 0 Å². The van der Waals surface area contributed by atoms with Crippen LogP contribution in [0.3, 0.4) is 0 Å². The molecule has 1 N–H and O–H groups in total. The van der Waals surface area contributed by atoms with E-state index in [4.69, 9.17) is 27.9 Å². The lowest BCUT2D eigenvalue weighted by atomic mass is 10.2. The lowest BCUT2D eigenvalue weighted by molar-refractivity contribution is -0.135. The molecule has 0 bridgehead atoms. The fourth-order valence-corrected chi connectivity index (χ4v) is 2.36. The smallest absolute Gasteiger partial charge is 0.262 e. The van der Waals surface area contributed by atoms with Gasteiger partial charge in [-0.05, 0) is 19.1 Å². The quantitative estimate of drug-likeness (QED) is 0.868. The molecule has 1 aromatic carbocycles. The van der Waals surface area contributed by atoms with Crippen molar-refractivity contribution in [1.29, 1.82) is 0 Å². The predicted molar refractivity (Wildman–Crippen MR) is 87.2 cm³/mol. The van der Waals surface area contributed by atoms with Gasteiger partial charge in [0, 0.05) is 37.3 Å². The zero-order chi connectivity index (χ0) is 16.2. The number of benzene rings is 1. The van der Waals surface area contributed by atoms with Crippen molar-refractivity contribution in [2.75, 3.05) is 14.1 Å². The Balaban J connectivity index is 3.01. The van der Waals surface area contributed by atoms with Crippen LogP contribution in [0.1, 0.15) is 26.3 Å². The Bertz CT molecular complexity index is 505. The molecular weight excluding hydrogens is 311 g/mol. The molecule has 0 aliphatic rings. The van der Waals surface area contributed by atoms with Crippen LogP contribution in [0.25, 0.3) is 0 Å². The van der Waals surface area contributed by atoms with Gasteiger partial charge >= 0.3 is 0 Å². The first-order valence-corrected chi connectivity index (χ1v) is 7.57. The van der Waals surface area contributed by atoms with Gasteiger partial charge in [-0.3, -0.25) is 4.79 Å². The summed E-state index contributed by atoms with van der Waals surface area (Å²) in [5.41, 5.74) is 0.833. The predicted octanol–water partition coefficient (Wildman–Crippen LogP) is 3.35. The summed E-state index contributed by atoms with van der Waals surface area (Å²) in [6.07, 6.45) is -0.614. The van der Waals surface area contributed by atoms with Gasteiger partial charge in [-0.2, -0.15) is 0 Å². The second kappa shape index (κ2) is 7.87. The van der Waals surface area contributed by atoms with E-state index in [-0.39, 0.29) is 5.91 Å². The molecule has 1 aromatic rings. The molecule has 0 fully saturated rings. The molecule has 0 radical (unpaired) electrons. The maximum absolute atomic E-state index is 11.9. The zero-order valence-corrected chi connectivity index (χ0v) is 14.5. The van der Waals surface area contributed by atoms with Gasteiger partial charge in [0.25, 0.3) is 5.91 Å². The van der Waals surface area contributed by atoms with Gasteiger partial charge in [0.15, 0.2) is 6.10 Å². The van der Waals surface area contributed by atoms with Crippen molar-refractivity contribution in [3.63, 3.8) is 0 Å². The fraction of sp³-hybridized carbons (Fsp3) is 0.533. The summed E-state index contributed by atoms with van der Waals surface area (Å²) in [6, 6.07) is 3.73. The van der Waals surface area contributed by atoms with Crippen molar-refractivity contribution < 1.29 is 9.53 Å². The Morgan fingerprint density at radius 2 is 1.90 bits per heavy atom. The maximum Gasteiger partial charge on any atom is 0.262 e. The normalized spacial score (nSPS) is 12.4. The Labute approximate surface area is 136 Å². The van der Waals surface area contributed by atoms with Crippen LogP contribution in [0.5, 0.6) is 5.75 Å². The average molecular weight is 333 g/mol. The molecule has 0 spiro atoms. The van der Waals surface area contributed by atoms with Crippen LogP contribution in [0.2, 0.25) is 10.0 Å².